The molecule has 1 fully saturated rings. The number of pyridine rings is 1. The molecule has 9 nitrogen and oxygen atoms in total. The number of nitrogens with zero attached hydrogens (tertiary/aromatic N) is 3. The van der Waals surface area contributed by atoms with Crippen molar-refractivity contribution in [3.8, 4) is 5.75 Å². The molecule has 1 aliphatic heterocycles. The van der Waals surface area contributed by atoms with E-state index in [9.17, 15) is 14.4 Å². The quantitative estimate of drug-likeness (QED) is 0.258. The van der Waals surface area contributed by atoms with Gasteiger partial charge in [-0.2, -0.15) is 5.10 Å². The molecule has 0 aliphatic carbocycles. The van der Waals surface area contributed by atoms with Crippen molar-refractivity contribution in [3.63, 3.8) is 0 Å². The Labute approximate surface area is 188 Å². The third-order valence-electron chi connectivity index (χ3n) is 4.58. The summed E-state index contributed by atoms with van der Waals surface area (Å²) in [4.78, 5) is 42.6. The van der Waals surface area contributed by atoms with Gasteiger partial charge in [0.25, 0.3) is 11.8 Å². The number of benzene rings is 2. The molecule has 3 aromatic rings. The Balaban J connectivity index is 1.38. The maximum Gasteiger partial charge on any atom is 0.277 e. The smallest absolute Gasteiger partial charge is 0.277 e. The first kappa shape index (κ1) is 21.1. The molecule has 160 valence electrons. The zero-order valence-electron chi connectivity index (χ0n) is 16.6. The molecule has 2 aromatic carbocycles. The highest BCUT2D eigenvalue weighted by Gasteiger charge is 2.38. The number of aromatic nitrogens is 1. The Hall–Kier alpha value is -4.18. The van der Waals surface area contributed by atoms with Gasteiger partial charge in [0.05, 0.1) is 5.69 Å². The van der Waals surface area contributed by atoms with Crippen LogP contribution in [0.1, 0.15) is 0 Å². The SMILES string of the molecule is O=C(COc1cccc2cccnc12)N/N=C\[C@@H]1C(=O)NC(=S)N(c2ccccc2)C1=O. The molecule has 32 heavy (non-hydrogen) atoms. The summed E-state index contributed by atoms with van der Waals surface area (Å²) in [6.45, 7) is -0.321. The Bertz CT molecular complexity index is 1230. The Morgan fingerprint density at radius 3 is 2.75 bits per heavy atom. The molecule has 10 heteroatoms. The van der Waals surface area contributed by atoms with Crippen LogP contribution in [0.4, 0.5) is 5.69 Å². The fourth-order valence-electron chi connectivity index (χ4n) is 3.10. The van der Waals surface area contributed by atoms with Crippen molar-refractivity contribution in [1.82, 2.24) is 15.7 Å². The average molecular weight is 447 g/mol. The summed E-state index contributed by atoms with van der Waals surface area (Å²) >= 11 is 5.12. The number of para-hydroxylation sites is 2. The number of hydrazone groups is 1. The standard InChI is InChI=1S/C22H17N5O4S/c28-18(13-31-17-10-4-6-14-7-5-11-23-19(14)17)26-24-12-16-20(29)25-22(32)27(21(16)30)15-8-2-1-3-9-15/h1-12,16H,13H2,(H,26,28)(H,25,29,32)/b24-12-/t16-/m1/s1. The molecule has 1 saturated heterocycles. The zero-order valence-corrected chi connectivity index (χ0v) is 17.4. The number of ether oxygens (including phenoxy) is 1. The highest BCUT2D eigenvalue weighted by Crippen LogP contribution is 2.23. The predicted molar refractivity (Wildman–Crippen MR) is 122 cm³/mol. The van der Waals surface area contributed by atoms with E-state index in [1.165, 1.54) is 4.90 Å². The summed E-state index contributed by atoms with van der Waals surface area (Å²) in [5, 5.41) is 7.09. The van der Waals surface area contributed by atoms with E-state index < -0.39 is 23.6 Å². The highest BCUT2D eigenvalue weighted by atomic mass is 32.1. The van der Waals surface area contributed by atoms with E-state index in [4.69, 9.17) is 17.0 Å². The van der Waals surface area contributed by atoms with Crippen LogP contribution in [-0.4, -0.2) is 40.6 Å². The molecular formula is C22H17N5O4S. The van der Waals surface area contributed by atoms with Crippen LogP contribution >= 0.6 is 12.2 Å². The molecule has 0 unspecified atom stereocenters. The van der Waals surface area contributed by atoms with Crippen LogP contribution in [0.2, 0.25) is 0 Å². The van der Waals surface area contributed by atoms with Crippen LogP contribution in [0, 0.1) is 5.92 Å². The third kappa shape index (κ3) is 4.44. The van der Waals surface area contributed by atoms with E-state index in [0.29, 0.717) is 17.0 Å². The summed E-state index contributed by atoms with van der Waals surface area (Å²) in [6.07, 6.45) is 2.70. The number of fused-ring (bicyclic) bond motifs is 1. The Morgan fingerprint density at radius 1 is 1.16 bits per heavy atom. The van der Waals surface area contributed by atoms with Crippen molar-refractivity contribution in [1.29, 1.82) is 0 Å². The van der Waals surface area contributed by atoms with Crippen molar-refractivity contribution in [2.45, 2.75) is 0 Å². The van der Waals surface area contributed by atoms with Crippen molar-refractivity contribution in [2.75, 3.05) is 11.5 Å². The second-order valence-corrected chi connectivity index (χ2v) is 7.10. The van der Waals surface area contributed by atoms with Crippen molar-refractivity contribution < 1.29 is 19.1 Å². The lowest BCUT2D eigenvalue weighted by Gasteiger charge is -2.30. The number of anilines is 1. The summed E-state index contributed by atoms with van der Waals surface area (Å²) in [6, 6.07) is 17.8. The second kappa shape index (κ2) is 9.31. The number of thiocarbonyl (C=S) groups is 1. The van der Waals surface area contributed by atoms with E-state index >= 15 is 0 Å². The lowest BCUT2D eigenvalue weighted by atomic mass is 10.1. The predicted octanol–water partition coefficient (Wildman–Crippen LogP) is 1.78. The van der Waals surface area contributed by atoms with Crippen molar-refractivity contribution >= 4 is 57.9 Å². The topological polar surface area (TPSA) is 113 Å². The molecule has 0 saturated carbocycles. The first-order valence-electron chi connectivity index (χ1n) is 9.57. The van der Waals surface area contributed by atoms with Gasteiger partial charge in [-0.3, -0.25) is 24.3 Å². The monoisotopic (exact) mass is 447 g/mol. The number of amides is 3. The summed E-state index contributed by atoms with van der Waals surface area (Å²) in [7, 11) is 0. The molecule has 3 amide bonds. The van der Waals surface area contributed by atoms with E-state index in [1.54, 1.807) is 48.7 Å². The average Bonchev–Trinajstić information content (AvgIpc) is 2.80. The summed E-state index contributed by atoms with van der Waals surface area (Å²) in [5.74, 6) is -2.54. The fourth-order valence-corrected chi connectivity index (χ4v) is 3.39. The molecule has 4 rings (SSSR count). The molecule has 0 radical (unpaired) electrons. The van der Waals surface area contributed by atoms with Gasteiger partial charge < -0.3 is 10.1 Å². The minimum Gasteiger partial charge on any atom is -0.481 e. The Morgan fingerprint density at radius 2 is 1.94 bits per heavy atom. The minimum atomic E-state index is -1.25. The van der Waals surface area contributed by atoms with Crippen LogP contribution in [0.15, 0.2) is 72.0 Å². The maximum atomic E-state index is 12.8. The molecule has 2 N–H and O–H groups in total. The third-order valence-corrected chi connectivity index (χ3v) is 4.87. The van der Waals surface area contributed by atoms with E-state index in [1.807, 2.05) is 18.2 Å². The van der Waals surface area contributed by atoms with Gasteiger partial charge in [-0.05, 0) is 36.5 Å². The summed E-state index contributed by atoms with van der Waals surface area (Å²) < 4.78 is 5.53. The molecule has 1 atom stereocenters. The molecule has 0 spiro atoms. The van der Waals surface area contributed by atoms with Gasteiger partial charge in [-0.25, -0.2) is 5.43 Å². The number of hydrogen-bond acceptors (Lipinski definition) is 7. The number of hydrogen-bond donors (Lipinski definition) is 2. The minimum absolute atomic E-state index is 0.0167. The lowest BCUT2D eigenvalue weighted by molar-refractivity contribution is -0.130. The van der Waals surface area contributed by atoms with Crippen LogP contribution in [0.25, 0.3) is 10.9 Å². The van der Waals surface area contributed by atoms with Gasteiger partial charge in [0, 0.05) is 17.8 Å². The van der Waals surface area contributed by atoms with Crippen LogP contribution in [-0.2, 0) is 14.4 Å². The number of nitrogens with one attached hydrogen (secondary N) is 2. The zero-order chi connectivity index (χ0) is 22.5. The van der Waals surface area contributed by atoms with Gasteiger partial charge in [0.15, 0.2) is 17.6 Å². The Kier molecular flexibility index (Phi) is 6.13. The van der Waals surface area contributed by atoms with E-state index in [2.05, 4.69) is 20.8 Å². The van der Waals surface area contributed by atoms with Gasteiger partial charge in [0.1, 0.15) is 11.3 Å². The van der Waals surface area contributed by atoms with Gasteiger partial charge >= 0.3 is 0 Å². The van der Waals surface area contributed by atoms with E-state index in [-0.39, 0.29) is 11.7 Å². The van der Waals surface area contributed by atoms with Crippen LogP contribution in [0.5, 0.6) is 5.75 Å². The number of rotatable bonds is 6. The second-order valence-electron chi connectivity index (χ2n) is 6.71. The van der Waals surface area contributed by atoms with Gasteiger partial charge in [-0.15, -0.1) is 0 Å². The maximum absolute atomic E-state index is 12.8. The molecule has 1 aromatic heterocycles. The molecule has 1 aliphatic rings. The fraction of sp³-hybridized carbons (Fsp3) is 0.0909. The highest BCUT2D eigenvalue weighted by molar-refractivity contribution is 7.80. The molecule has 0 bridgehead atoms. The summed E-state index contributed by atoms with van der Waals surface area (Å²) in [5.41, 5.74) is 3.40. The first-order valence-corrected chi connectivity index (χ1v) is 9.98. The largest absolute Gasteiger partial charge is 0.481 e. The van der Waals surface area contributed by atoms with Crippen LogP contribution < -0.4 is 20.4 Å². The number of carbonyl (C=O) groups is 3. The van der Waals surface area contributed by atoms with Gasteiger partial charge in [-0.1, -0.05) is 36.4 Å². The van der Waals surface area contributed by atoms with Crippen molar-refractivity contribution in [3.05, 3.63) is 66.9 Å². The van der Waals surface area contributed by atoms with Gasteiger partial charge in [0.2, 0.25) is 5.91 Å². The first-order chi connectivity index (χ1) is 15.5. The molecule has 2 heterocycles. The normalized spacial score (nSPS) is 16.3. The van der Waals surface area contributed by atoms with Crippen LogP contribution in [0.3, 0.4) is 0 Å². The molecular weight excluding hydrogens is 430 g/mol. The lowest BCUT2D eigenvalue weighted by Crippen LogP contribution is -2.58. The van der Waals surface area contributed by atoms with Crippen molar-refractivity contribution in [2.24, 2.45) is 11.0 Å². The van der Waals surface area contributed by atoms with E-state index in [0.717, 1.165) is 11.6 Å². The number of carbonyl (C=O) groups excluding carboxylic acids is 3.